The Kier molecular flexibility index (Phi) is 4.28. The van der Waals surface area contributed by atoms with Gasteiger partial charge in [0.05, 0.1) is 0 Å². The molecule has 0 spiro atoms. The fraction of sp³-hybridized carbons (Fsp3) is 0.500. The lowest BCUT2D eigenvalue weighted by molar-refractivity contribution is 0.611. The second-order valence-electron chi connectivity index (χ2n) is 4.06. The highest BCUT2D eigenvalue weighted by Crippen LogP contribution is 2.15. The molecule has 16 heavy (non-hydrogen) atoms. The van der Waals surface area contributed by atoms with Gasteiger partial charge in [0.15, 0.2) is 0 Å². The average Bonchev–Trinajstić information content (AvgIpc) is 2.28. The molecule has 3 N–H and O–H groups in total. The standard InChI is InChI=1S/C12H20N4/c1-4-5-9(2)16(3)11-8-10(12(13)14)6-7-15-11/h6-9H,4-5H2,1-3H3,(H3,13,14). The molecule has 0 radical (unpaired) electrons. The third-order valence-electron chi connectivity index (χ3n) is 2.79. The Balaban J connectivity index is 2.86. The molecule has 1 heterocycles. The monoisotopic (exact) mass is 220 g/mol. The van der Waals surface area contributed by atoms with Crippen LogP contribution in [0.4, 0.5) is 5.82 Å². The maximum Gasteiger partial charge on any atom is 0.129 e. The summed E-state index contributed by atoms with van der Waals surface area (Å²) in [6.45, 7) is 4.34. The van der Waals surface area contributed by atoms with Crippen molar-refractivity contribution >= 4 is 11.7 Å². The number of nitrogen functional groups attached to an aromatic ring is 1. The fourth-order valence-electron chi connectivity index (χ4n) is 1.62. The van der Waals surface area contributed by atoms with Gasteiger partial charge in [-0.25, -0.2) is 4.98 Å². The van der Waals surface area contributed by atoms with Crippen molar-refractivity contribution in [3.8, 4) is 0 Å². The van der Waals surface area contributed by atoms with E-state index in [-0.39, 0.29) is 5.84 Å². The van der Waals surface area contributed by atoms with Gasteiger partial charge < -0.3 is 10.6 Å². The van der Waals surface area contributed by atoms with Crippen LogP contribution >= 0.6 is 0 Å². The highest BCUT2D eigenvalue weighted by molar-refractivity contribution is 5.95. The van der Waals surface area contributed by atoms with E-state index in [1.54, 1.807) is 12.3 Å². The van der Waals surface area contributed by atoms with Crippen molar-refractivity contribution in [2.75, 3.05) is 11.9 Å². The number of nitrogens with two attached hydrogens (primary N) is 1. The van der Waals surface area contributed by atoms with Gasteiger partial charge in [-0.3, -0.25) is 5.41 Å². The SMILES string of the molecule is CCCC(C)N(C)c1cc(C(=N)N)ccn1. The molecule has 1 atom stereocenters. The maximum atomic E-state index is 7.39. The minimum Gasteiger partial charge on any atom is -0.384 e. The topological polar surface area (TPSA) is 66.0 Å². The van der Waals surface area contributed by atoms with E-state index in [1.807, 2.05) is 13.1 Å². The van der Waals surface area contributed by atoms with Crippen molar-refractivity contribution in [2.24, 2.45) is 5.73 Å². The zero-order valence-corrected chi connectivity index (χ0v) is 10.2. The normalized spacial score (nSPS) is 12.2. The van der Waals surface area contributed by atoms with Crippen LogP contribution in [0.1, 0.15) is 32.3 Å². The van der Waals surface area contributed by atoms with Crippen LogP contribution in [0.2, 0.25) is 0 Å². The van der Waals surface area contributed by atoms with E-state index < -0.39 is 0 Å². The Morgan fingerprint density at radius 1 is 1.62 bits per heavy atom. The third-order valence-corrected chi connectivity index (χ3v) is 2.79. The van der Waals surface area contributed by atoms with Crippen LogP contribution in [-0.2, 0) is 0 Å². The summed E-state index contributed by atoms with van der Waals surface area (Å²) in [5, 5.41) is 7.39. The van der Waals surface area contributed by atoms with Gasteiger partial charge in [-0.15, -0.1) is 0 Å². The van der Waals surface area contributed by atoms with Gasteiger partial charge in [-0.05, 0) is 25.5 Å². The predicted octanol–water partition coefficient (Wildman–Crippen LogP) is 1.99. The molecular formula is C12H20N4. The molecular weight excluding hydrogens is 200 g/mol. The summed E-state index contributed by atoms with van der Waals surface area (Å²) in [6.07, 6.45) is 3.97. The van der Waals surface area contributed by atoms with Crippen molar-refractivity contribution in [1.82, 2.24) is 4.98 Å². The highest BCUT2D eigenvalue weighted by atomic mass is 15.2. The van der Waals surface area contributed by atoms with Crippen LogP contribution in [0.15, 0.2) is 18.3 Å². The number of nitrogens with zero attached hydrogens (tertiary/aromatic N) is 2. The Hall–Kier alpha value is -1.58. The van der Waals surface area contributed by atoms with Gasteiger partial charge in [-0.2, -0.15) is 0 Å². The first-order chi connectivity index (χ1) is 7.56. The minimum absolute atomic E-state index is 0.0835. The number of hydrogen-bond donors (Lipinski definition) is 2. The number of hydrogen-bond acceptors (Lipinski definition) is 3. The molecule has 0 aromatic carbocycles. The quantitative estimate of drug-likeness (QED) is 0.589. The lowest BCUT2D eigenvalue weighted by Crippen LogP contribution is -2.29. The molecule has 1 rings (SSSR count). The molecule has 0 amide bonds. The first-order valence-electron chi connectivity index (χ1n) is 5.59. The van der Waals surface area contributed by atoms with Crippen molar-refractivity contribution in [1.29, 1.82) is 5.41 Å². The van der Waals surface area contributed by atoms with Crippen molar-refractivity contribution < 1.29 is 0 Å². The van der Waals surface area contributed by atoms with Gasteiger partial charge in [0.2, 0.25) is 0 Å². The van der Waals surface area contributed by atoms with E-state index in [1.165, 1.54) is 0 Å². The predicted molar refractivity (Wildman–Crippen MR) is 68.0 cm³/mol. The van der Waals surface area contributed by atoms with E-state index in [4.69, 9.17) is 11.1 Å². The number of pyridine rings is 1. The second kappa shape index (κ2) is 5.49. The Morgan fingerprint density at radius 2 is 2.31 bits per heavy atom. The lowest BCUT2D eigenvalue weighted by Gasteiger charge is -2.25. The van der Waals surface area contributed by atoms with Crippen LogP contribution in [0.3, 0.4) is 0 Å². The van der Waals surface area contributed by atoms with Gasteiger partial charge in [0.1, 0.15) is 11.7 Å². The summed E-state index contributed by atoms with van der Waals surface area (Å²) in [5.74, 6) is 0.953. The summed E-state index contributed by atoms with van der Waals surface area (Å²) in [4.78, 5) is 6.42. The maximum absolute atomic E-state index is 7.39. The highest BCUT2D eigenvalue weighted by Gasteiger charge is 2.10. The number of aromatic nitrogens is 1. The van der Waals surface area contributed by atoms with Crippen molar-refractivity contribution in [2.45, 2.75) is 32.7 Å². The summed E-state index contributed by atoms with van der Waals surface area (Å²) in [5.41, 5.74) is 6.18. The van der Waals surface area contributed by atoms with Gasteiger partial charge in [0, 0.05) is 24.8 Å². The summed E-state index contributed by atoms with van der Waals surface area (Å²) in [7, 11) is 2.02. The first kappa shape index (κ1) is 12.5. The van der Waals surface area contributed by atoms with Crippen LogP contribution in [0, 0.1) is 5.41 Å². The van der Waals surface area contributed by atoms with Crippen LogP contribution < -0.4 is 10.6 Å². The van der Waals surface area contributed by atoms with Crippen LogP contribution in [-0.4, -0.2) is 23.9 Å². The average molecular weight is 220 g/mol. The molecule has 1 aromatic heterocycles. The Bertz CT molecular complexity index is 362. The van der Waals surface area contributed by atoms with Crippen molar-refractivity contribution in [3.63, 3.8) is 0 Å². The third kappa shape index (κ3) is 2.95. The van der Waals surface area contributed by atoms with Crippen LogP contribution in [0.25, 0.3) is 0 Å². The zero-order chi connectivity index (χ0) is 12.1. The molecule has 0 saturated carbocycles. The molecule has 0 fully saturated rings. The molecule has 1 aromatic rings. The molecule has 0 aliphatic rings. The van der Waals surface area contributed by atoms with Crippen LogP contribution in [0.5, 0.6) is 0 Å². The summed E-state index contributed by atoms with van der Waals surface area (Å²) >= 11 is 0. The van der Waals surface area contributed by atoms with Crippen molar-refractivity contribution in [3.05, 3.63) is 23.9 Å². The lowest BCUT2D eigenvalue weighted by atomic mass is 10.1. The number of nitrogens with one attached hydrogen (secondary N) is 1. The fourth-order valence-corrected chi connectivity index (χ4v) is 1.62. The Morgan fingerprint density at radius 3 is 2.88 bits per heavy atom. The molecule has 0 saturated heterocycles. The van der Waals surface area contributed by atoms with E-state index >= 15 is 0 Å². The molecule has 0 bridgehead atoms. The van der Waals surface area contributed by atoms with E-state index in [2.05, 4.69) is 23.7 Å². The largest absolute Gasteiger partial charge is 0.384 e. The summed E-state index contributed by atoms with van der Waals surface area (Å²) < 4.78 is 0. The number of anilines is 1. The number of amidine groups is 1. The molecule has 0 aliphatic carbocycles. The zero-order valence-electron chi connectivity index (χ0n) is 10.2. The van der Waals surface area contributed by atoms with E-state index in [0.29, 0.717) is 6.04 Å². The molecule has 88 valence electrons. The first-order valence-corrected chi connectivity index (χ1v) is 5.59. The molecule has 0 aliphatic heterocycles. The van der Waals surface area contributed by atoms with E-state index in [9.17, 15) is 0 Å². The molecule has 1 unspecified atom stereocenters. The number of rotatable bonds is 5. The molecule has 4 heteroatoms. The second-order valence-corrected chi connectivity index (χ2v) is 4.06. The van der Waals surface area contributed by atoms with Gasteiger partial charge in [0.25, 0.3) is 0 Å². The van der Waals surface area contributed by atoms with E-state index in [0.717, 1.165) is 24.2 Å². The Labute approximate surface area is 97.0 Å². The summed E-state index contributed by atoms with van der Waals surface area (Å²) in [6, 6.07) is 4.05. The molecule has 4 nitrogen and oxygen atoms in total. The smallest absolute Gasteiger partial charge is 0.129 e. The van der Waals surface area contributed by atoms with Gasteiger partial charge >= 0.3 is 0 Å². The van der Waals surface area contributed by atoms with Gasteiger partial charge in [-0.1, -0.05) is 13.3 Å². The minimum atomic E-state index is 0.0835.